The van der Waals surface area contributed by atoms with Gasteiger partial charge in [-0.2, -0.15) is 0 Å². The fourth-order valence-electron chi connectivity index (χ4n) is 1.92. The van der Waals surface area contributed by atoms with Gasteiger partial charge in [-0.05, 0) is 9.91 Å². The summed E-state index contributed by atoms with van der Waals surface area (Å²) in [7, 11) is 0. The first-order valence-electron chi connectivity index (χ1n) is 5.77. The van der Waals surface area contributed by atoms with Gasteiger partial charge in [0.2, 0.25) is 12.2 Å². The standard InChI is InChI=1S/C10H14N4O5/c15-7-3-13(4-8(7)16)10(17)1-2-12-5-9(11-6-12)14(18)19/h5-8,15-16H,1-4H2/t7-,8+. The van der Waals surface area contributed by atoms with Gasteiger partial charge in [0.05, 0.1) is 12.2 Å². The Hall–Kier alpha value is -2.00. The maximum absolute atomic E-state index is 11.8. The Balaban J connectivity index is 1.85. The summed E-state index contributed by atoms with van der Waals surface area (Å²) < 4.78 is 1.46. The molecule has 0 bridgehead atoms. The summed E-state index contributed by atoms with van der Waals surface area (Å²) in [6.07, 6.45) is 0.865. The van der Waals surface area contributed by atoms with Crippen molar-refractivity contribution in [2.24, 2.45) is 0 Å². The van der Waals surface area contributed by atoms with Gasteiger partial charge in [0, 0.05) is 26.1 Å². The Morgan fingerprint density at radius 1 is 1.47 bits per heavy atom. The van der Waals surface area contributed by atoms with E-state index in [-0.39, 0.29) is 37.8 Å². The van der Waals surface area contributed by atoms with E-state index in [1.165, 1.54) is 22.0 Å². The lowest BCUT2D eigenvalue weighted by Gasteiger charge is -2.14. The van der Waals surface area contributed by atoms with Gasteiger partial charge in [0.15, 0.2) is 0 Å². The number of aryl methyl sites for hydroxylation is 1. The smallest absolute Gasteiger partial charge is 0.381 e. The molecule has 19 heavy (non-hydrogen) atoms. The molecule has 9 nitrogen and oxygen atoms in total. The van der Waals surface area contributed by atoms with Crippen LogP contribution in [0.3, 0.4) is 0 Å². The molecule has 0 unspecified atom stereocenters. The molecular weight excluding hydrogens is 256 g/mol. The Bertz CT molecular complexity index is 478. The number of rotatable bonds is 4. The number of likely N-dealkylation sites (tertiary alicyclic amines) is 1. The number of nitrogens with zero attached hydrogens (tertiary/aromatic N) is 4. The number of hydrogen-bond donors (Lipinski definition) is 2. The monoisotopic (exact) mass is 270 g/mol. The molecule has 1 aliphatic rings. The maximum atomic E-state index is 11.8. The van der Waals surface area contributed by atoms with Crippen molar-refractivity contribution < 1.29 is 19.9 Å². The fraction of sp³-hybridized carbons (Fsp3) is 0.600. The summed E-state index contributed by atoms with van der Waals surface area (Å²) >= 11 is 0. The number of hydrogen-bond acceptors (Lipinski definition) is 6. The molecular formula is C10H14N4O5. The summed E-state index contributed by atoms with van der Waals surface area (Å²) in [4.78, 5) is 26.6. The predicted molar refractivity (Wildman–Crippen MR) is 62.1 cm³/mol. The van der Waals surface area contributed by atoms with Gasteiger partial charge in [0.25, 0.3) is 0 Å². The lowest BCUT2D eigenvalue weighted by molar-refractivity contribution is -0.389. The molecule has 0 spiro atoms. The molecule has 1 saturated heterocycles. The molecule has 104 valence electrons. The van der Waals surface area contributed by atoms with Gasteiger partial charge < -0.3 is 29.8 Å². The highest BCUT2D eigenvalue weighted by atomic mass is 16.6. The van der Waals surface area contributed by atoms with E-state index in [0.29, 0.717) is 0 Å². The highest BCUT2D eigenvalue weighted by molar-refractivity contribution is 5.76. The molecule has 2 atom stereocenters. The van der Waals surface area contributed by atoms with Crippen LogP contribution in [0.1, 0.15) is 6.42 Å². The Morgan fingerprint density at radius 3 is 2.63 bits per heavy atom. The first kappa shape index (κ1) is 13.4. The number of carbonyl (C=O) groups is 1. The normalized spacial score (nSPS) is 22.7. The van der Waals surface area contributed by atoms with Crippen LogP contribution in [0.5, 0.6) is 0 Å². The average molecular weight is 270 g/mol. The van der Waals surface area contributed by atoms with E-state index in [1.54, 1.807) is 0 Å². The van der Waals surface area contributed by atoms with E-state index < -0.39 is 17.1 Å². The third-order valence-electron chi connectivity index (χ3n) is 3.00. The molecule has 1 aromatic heterocycles. The molecule has 2 rings (SSSR count). The van der Waals surface area contributed by atoms with Crippen molar-refractivity contribution in [3.8, 4) is 0 Å². The van der Waals surface area contributed by atoms with Crippen LogP contribution in [0.15, 0.2) is 12.5 Å². The SMILES string of the molecule is O=C(CCn1cnc([N+](=O)[O-])c1)N1C[C@@H](O)[C@@H](O)C1. The number of β-amino-alcohol motifs (C(OH)–C–C–N with tert-alkyl or cyclic N) is 2. The molecule has 9 heteroatoms. The van der Waals surface area contributed by atoms with E-state index in [2.05, 4.69) is 4.98 Å². The first-order valence-corrected chi connectivity index (χ1v) is 5.77. The minimum atomic E-state index is -0.904. The number of carbonyl (C=O) groups excluding carboxylic acids is 1. The highest BCUT2D eigenvalue weighted by Gasteiger charge is 2.32. The zero-order valence-electron chi connectivity index (χ0n) is 10.0. The van der Waals surface area contributed by atoms with E-state index in [9.17, 15) is 25.1 Å². The zero-order chi connectivity index (χ0) is 14.0. The number of aromatic nitrogens is 2. The van der Waals surface area contributed by atoms with Gasteiger partial charge >= 0.3 is 5.82 Å². The van der Waals surface area contributed by atoms with Crippen LogP contribution in [0.4, 0.5) is 5.82 Å². The van der Waals surface area contributed by atoms with Gasteiger partial charge in [-0.15, -0.1) is 0 Å². The summed E-state index contributed by atoms with van der Waals surface area (Å²) in [5, 5.41) is 29.1. The van der Waals surface area contributed by atoms with Gasteiger partial charge in [-0.25, -0.2) is 0 Å². The first-order chi connectivity index (χ1) is 8.97. The zero-order valence-corrected chi connectivity index (χ0v) is 10.0. The van der Waals surface area contributed by atoms with Crippen molar-refractivity contribution in [3.05, 3.63) is 22.6 Å². The quantitative estimate of drug-likeness (QED) is 0.520. The fourth-order valence-corrected chi connectivity index (χ4v) is 1.92. The topological polar surface area (TPSA) is 122 Å². The van der Waals surface area contributed by atoms with Crippen molar-refractivity contribution in [2.75, 3.05) is 13.1 Å². The molecule has 0 saturated carbocycles. The predicted octanol–water partition coefficient (Wildman–Crippen LogP) is -1.25. The lowest BCUT2D eigenvalue weighted by atomic mass is 10.3. The van der Waals surface area contributed by atoms with Crippen LogP contribution in [-0.2, 0) is 11.3 Å². The lowest BCUT2D eigenvalue weighted by Crippen LogP contribution is -2.30. The summed E-state index contributed by atoms with van der Waals surface area (Å²) in [6.45, 7) is 0.497. The molecule has 1 fully saturated rings. The van der Waals surface area contributed by atoms with Gasteiger partial charge in [0.1, 0.15) is 6.20 Å². The Morgan fingerprint density at radius 2 is 2.11 bits per heavy atom. The Kier molecular flexibility index (Phi) is 3.76. The van der Waals surface area contributed by atoms with Crippen molar-refractivity contribution in [1.82, 2.24) is 14.5 Å². The third-order valence-corrected chi connectivity index (χ3v) is 3.00. The van der Waals surface area contributed by atoms with Crippen LogP contribution in [0.2, 0.25) is 0 Å². The van der Waals surface area contributed by atoms with Crippen LogP contribution in [0.25, 0.3) is 0 Å². The molecule has 1 aliphatic heterocycles. The molecule has 0 aliphatic carbocycles. The summed E-state index contributed by atoms with van der Waals surface area (Å²) in [5.41, 5.74) is 0. The number of amides is 1. The van der Waals surface area contributed by atoms with Crippen LogP contribution in [-0.4, -0.2) is 60.8 Å². The summed E-state index contributed by atoms with van der Waals surface area (Å²) in [6, 6.07) is 0. The third kappa shape index (κ3) is 3.06. The second kappa shape index (κ2) is 5.33. The van der Waals surface area contributed by atoms with E-state index in [0.717, 1.165) is 0 Å². The number of nitro groups is 1. The molecule has 0 radical (unpaired) electrons. The highest BCUT2D eigenvalue weighted by Crippen LogP contribution is 2.12. The Labute approximate surface area is 108 Å². The van der Waals surface area contributed by atoms with Crippen molar-refractivity contribution in [2.45, 2.75) is 25.2 Å². The minimum Gasteiger partial charge on any atom is -0.388 e. The van der Waals surface area contributed by atoms with Crippen molar-refractivity contribution in [3.63, 3.8) is 0 Å². The van der Waals surface area contributed by atoms with Crippen molar-refractivity contribution in [1.29, 1.82) is 0 Å². The van der Waals surface area contributed by atoms with Gasteiger partial charge in [-0.3, -0.25) is 4.79 Å². The number of aliphatic hydroxyl groups is 2. The van der Waals surface area contributed by atoms with Crippen molar-refractivity contribution >= 4 is 11.7 Å². The minimum absolute atomic E-state index is 0.115. The van der Waals surface area contributed by atoms with Crippen LogP contribution in [0, 0.1) is 10.1 Å². The maximum Gasteiger partial charge on any atom is 0.381 e. The second-order valence-corrected chi connectivity index (χ2v) is 4.41. The van der Waals surface area contributed by atoms with Crippen LogP contribution >= 0.6 is 0 Å². The number of imidazole rings is 1. The molecule has 2 heterocycles. The van der Waals surface area contributed by atoms with E-state index in [4.69, 9.17) is 0 Å². The molecule has 2 N–H and O–H groups in total. The number of aliphatic hydroxyl groups excluding tert-OH is 2. The average Bonchev–Trinajstić information content (AvgIpc) is 2.94. The second-order valence-electron chi connectivity index (χ2n) is 4.41. The summed E-state index contributed by atoms with van der Waals surface area (Å²) in [5.74, 6) is -0.480. The van der Waals surface area contributed by atoms with E-state index >= 15 is 0 Å². The van der Waals surface area contributed by atoms with E-state index in [1.807, 2.05) is 0 Å². The molecule has 1 aromatic rings. The molecule has 1 amide bonds. The van der Waals surface area contributed by atoms with Gasteiger partial charge in [-0.1, -0.05) is 0 Å². The molecule has 0 aromatic carbocycles. The largest absolute Gasteiger partial charge is 0.388 e. The van der Waals surface area contributed by atoms with Crippen LogP contribution < -0.4 is 0 Å².